The quantitative estimate of drug-likeness (QED) is 0.886. The van der Waals surface area contributed by atoms with Gasteiger partial charge in [-0.15, -0.1) is 0 Å². The Morgan fingerprint density at radius 2 is 1.86 bits per heavy atom. The fourth-order valence-corrected chi connectivity index (χ4v) is 2.26. The van der Waals surface area contributed by atoms with Crippen LogP contribution < -0.4 is 10.1 Å². The average molecular weight is 287 g/mol. The Kier molecular flexibility index (Phi) is 4.42. The maximum atomic E-state index is 11.2. The van der Waals surface area contributed by atoms with Gasteiger partial charge in [-0.2, -0.15) is 0 Å². The average Bonchev–Trinajstić information content (AvgIpc) is 2.44. The van der Waals surface area contributed by atoms with Crippen LogP contribution in [-0.4, -0.2) is 24.1 Å². The number of carbonyl (C=O) groups excluding carboxylic acids is 1. The summed E-state index contributed by atoms with van der Waals surface area (Å²) >= 11 is 0. The molecule has 1 amide bonds. The molecule has 2 aromatic carbocycles. The highest BCUT2D eigenvalue weighted by atomic mass is 16.5. The summed E-state index contributed by atoms with van der Waals surface area (Å²) in [5.41, 5.74) is 0.769. The minimum atomic E-state index is -0.955. The van der Waals surface area contributed by atoms with Gasteiger partial charge in [-0.05, 0) is 34.5 Å². The maximum Gasteiger partial charge on any atom is 0.305 e. The number of rotatable bonds is 5. The van der Waals surface area contributed by atoms with Gasteiger partial charge in [-0.25, -0.2) is 0 Å². The van der Waals surface area contributed by atoms with Crippen LogP contribution in [0.3, 0.4) is 0 Å². The first kappa shape index (κ1) is 14.8. The molecule has 1 unspecified atom stereocenters. The number of nitrogens with one attached hydrogen (secondary N) is 1. The standard InChI is InChI=1S/C16H17NO4/c1-10(18)17-15(9-16(19)20)13-4-3-12-8-14(21-2)6-5-11(12)7-13/h3-8,15H,9H2,1-2H3,(H,17,18)(H,19,20). The van der Waals surface area contributed by atoms with E-state index in [1.165, 1.54) is 6.92 Å². The number of carboxylic acids is 1. The molecular weight excluding hydrogens is 270 g/mol. The summed E-state index contributed by atoms with van der Waals surface area (Å²) in [6.07, 6.45) is -0.152. The number of ether oxygens (including phenoxy) is 1. The highest BCUT2D eigenvalue weighted by Gasteiger charge is 2.16. The van der Waals surface area contributed by atoms with E-state index in [0.717, 1.165) is 22.1 Å². The van der Waals surface area contributed by atoms with Crippen molar-refractivity contribution in [3.05, 3.63) is 42.0 Å². The number of carbonyl (C=O) groups is 2. The molecule has 5 nitrogen and oxygen atoms in total. The van der Waals surface area contributed by atoms with E-state index < -0.39 is 12.0 Å². The van der Waals surface area contributed by atoms with E-state index in [2.05, 4.69) is 5.32 Å². The molecule has 2 rings (SSSR count). The summed E-state index contributed by atoms with van der Waals surface area (Å²) in [7, 11) is 1.61. The van der Waals surface area contributed by atoms with Crippen LogP contribution in [0.1, 0.15) is 24.9 Å². The highest BCUT2D eigenvalue weighted by Crippen LogP contribution is 2.25. The first-order chi connectivity index (χ1) is 9.99. The monoisotopic (exact) mass is 287 g/mol. The number of fused-ring (bicyclic) bond motifs is 1. The second-order valence-corrected chi connectivity index (χ2v) is 4.82. The number of amides is 1. The third-order valence-corrected chi connectivity index (χ3v) is 3.23. The van der Waals surface area contributed by atoms with E-state index in [9.17, 15) is 9.59 Å². The zero-order chi connectivity index (χ0) is 15.4. The van der Waals surface area contributed by atoms with Gasteiger partial charge < -0.3 is 15.2 Å². The number of hydrogen-bond acceptors (Lipinski definition) is 3. The topological polar surface area (TPSA) is 75.6 Å². The largest absolute Gasteiger partial charge is 0.497 e. The molecule has 0 heterocycles. The van der Waals surface area contributed by atoms with Crippen LogP contribution in [0.4, 0.5) is 0 Å². The second kappa shape index (κ2) is 6.26. The summed E-state index contributed by atoms with van der Waals surface area (Å²) in [4.78, 5) is 22.2. The molecule has 0 aliphatic heterocycles. The first-order valence-corrected chi connectivity index (χ1v) is 6.56. The molecule has 0 spiro atoms. The Balaban J connectivity index is 2.38. The van der Waals surface area contributed by atoms with E-state index in [-0.39, 0.29) is 12.3 Å². The molecule has 0 aromatic heterocycles. The Morgan fingerprint density at radius 1 is 1.19 bits per heavy atom. The van der Waals surface area contributed by atoms with Crippen molar-refractivity contribution in [2.24, 2.45) is 0 Å². The summed E-state index contributed by atoms with van der Waals surface area (Å²) in [6, 6.07) is 10.7. The van der Waals surface area contributed by atoms with Crippen molar-refractivity contribution in [2.45, 2.75) is 19.4 Å². The van der Waals surface area contributed by atoms with Gasteiger partial charge in [0.2, 0.25) is 5.91 Å². The van der Waals surface area contributed by atoms with Crippen molar-refractivity contribution in [1.29, 1.82) is 0 Å². The third-order valence-electron chi connectivity index (χ3n) is 3.23. The molecular formula is C16H17NO4. The fraction of sp³-hybridized carbons (Fsp3) is 0.250. The van der Waals surface area contributed by atoms with Gasteiger partial charge in [0.1, 0.15) is 5.75 Å². The van der Waals surface area contributed by atoms with Crippen LogP contribution in [0.15, 0.2) is 36.4 Å². The van der Waals surface area contributed by atoms with Crippen LogP contribution in [0.5, 0.6) is 5.75 Å². The summed E-state index contributed by atoms with van der Waals surface area (Å²) in [5.74, 6) is -0.446. The number of hydrogen-bond donors (Lipinski definition) is 2. The molecule has 5 heteroatoms. The normalized spacial score (nSPS) is 11.9. The molecule has 0 saturated heterocycles. The highest BCUT2D eigenvalue weighted by molar-refractivity contribution is 5.85. The van der Waals surface area contributed by atoms with Crippen molar-refractivity contribution in [3.8, 4) is 5.75 Å². The van der Waals surface area contributed by atoms with Gasteiger partial charge in [-0.1, -0.05) is 18.2 Å². The lowest BCUT2D eigenvalue weighted by atomic mass is 9.99. The van der Waals surface area contributed by atoms with Crippen LogP contribution in [0.25, 0.3) is 10.8 Å². The van der Waals surface area contributed by atoms with E-state index in [1.807, 2.05) is 36.4 Å². The van der Waals surface area contributed by atoms with Crippen molar-refractivity contribution in [3.63, 3.8) is 0 Å². The Labute approximate surface area is 122 Å². The van der Waals surface area contributed by atoms with Gasteiger partial charge in [-0.3, -0.25) is 9.59 Å². The van der Waals surface area contributed by atoms with Crippen molar-refractivity contribution < 1.29 is 19.4 Å². The molecule has 0 bridgehead atoms. The molecule has 2 N–H and O–H groups in total. The molecule has 21 heavy (non-hydrogen) atoms. The SMILES string of the molecule is COc1ccc2cc(C(CC(=O)O)NC(C)=O)ccc2c1. The van der Waals surface area contributed by atoms with Crippen LogP contribution in [0.2, 0.25) is 0 Å². The predicted octanol–water partition coefficient (Wildman–Crippen LogP) is 2.50. The molecule has 1 atom stereocenters. The second-order valence-electron chi connectivity index (χ2n) is 4.82. The van der Waals surface area contributed by atoms with Crippen LogP contribution >= 0.6 is 0 Å². The summed E-state index contributed by atoms with van der Waals surface area (Å²) < 4.78 is 5.17. The van der Waals surface area contributed by atoms with Gasteiger partial charge in [0.15, 0.2) is 0 Å². The molecule has 0 aliphatic rings. The van der Waals surface area contributed by atoms with Gasteiger partial charge in [0.05, 0.1) is 19.6 Å². The van der Waals surface area contributed by atoms with E-state index in [4.69, 9.17) is 9.84 Å². The van der Waals surface area contributed by atoms with Crippen LogP contribution in [0, 0.1) is 0 Å². The van der Waals surface area contributed by atoms with Crippen LogP contribution in [-0.2, 0) is 9.59 Å². The van der Waals surface area contributed by atoms with Gasteiger partial charge in [0.25, 0.3) is 0 Å². The smallest absolute Gasteiger partial charge is 0.305 e. The number of benzene rings is 2. The Bertz CT molecular complexity index is 665. The zero-order valence-electron chi connectivity index (χ0n) is 11.9. The lowest BCUT2D eigenvalue weighted by Crippen LogP contribution is -2.27. The van der Waals surface area contributed by atoms with Gasteiger partial charge >= 0.3 is 5.97 Å². The molecule has 0 saturated carbocycles. The van der Waals surface area contributed by atoms with Gasteiger partial charge in [0, 0.05) is 6.92 Å². The minimum Gasteiger partial charge on any atom is -0.497 e. The number of aliphatic carboxylic acids is 1. The number of methoxy groups -OCH3 is 1. The van der Waals surface area contributed by atoms with Crippen molar-refractivity contribution >= 4 is 22.6 Å². The van der Waals surface area contributed by atoms with E-state index in [0.29, 0.717) is 0 Å². The minimum absolute atomic E-state index is 0.152. The third kappa shape index (κ3) is 3.72. The molecule has 0 aliphatic carbocycles. The maximum absolute atomic E-state index is 11.2. The lowest BCUT2D eigenvalue weighted by Gasteiger charge is -2.17. The summed E-state index contributed by atoms with van der Waals surface area (Å²) in [5, 5.41) is 13.6. The molecule has 0 fully saturated rings. The molecule has 0 radical (unpaired) electrons. The zero-order valence-corrected chi connectivity index (χ0v) is 11.9. The van der Waals surface area contributed by atoms with E-state index in [1.54, 1.807) is 7.11 Å². The van der Waals surface area contributed by atoms with Crippen molar-refractivity contribution in [2.75, 3.05) is 7.11 Å². The van der Waals surface area contributed by atoms with Crippen molar-refractivity contribution in [1.82, 2.24) is 5.32 Å². The van der Waals surface area contributed by atoms with E-state index >= 15 is 0 Å². The predicted molar refractivity (Wildman–Crippen MR) is 79.3 cm³/mol. The molecule has 2 aromatic rings. The number of carboxylic acid groups (broad SMARTS) is 1. The fourth-order valence-electron chi connectivity index (χ4n) is 2.26. The summed E-state index contributed by atoms with van der Waals surface area (Å²) in [6.45, 7) is 1.38. The Morgan fingerprint density at radius 3 is 2.48 bits per heavy atom. The Hall–Kier alpha value is -2.56. The first-order valence-electron chi connectivity index (χ1n) is 6.56. The molecule has 110 valence electrons. The lowest BCUT2D eigenvalue weighted by molar-refractivity contribution is -0.137.